The molecule has 0 radical (unpaired) electrons. The first-order valence-electron chi connectivity index (χ1n) is 9.48. The summed E-state index contributed by atoms with van der Waals surface area (Å²) in [7, 11) is -4.19. The van der Waals surface area contributed by atoms with Gasteiger partial charge in [0.2, 0.25) is 15.9 Å². The van der Waals surface area contributed by atoms with Gasteiger partial charge in [-0.25, -0.2) is 22.2 Å². The third-order valence-electron chi connectivity index (χ3n) is 5.31. The van der Waals surface area contributed by atoms with Gasteiger partial charge in [-0.1, -0.05) is 22.9 Å². The SMILES string of the molecule is Cc1c(Cl)ccc2sc(NC(=O)C3CCN(S(=O)(=O)c4cc(F)ccc4F)CC3)nc12. The quantitative estimate of drug-likeness (QED) is 0.587. The van der Waals surface area contributed by atoms with Crippen LogP contribution in [0.1, 0.15) is 18.4 Å². The van der Waals surface area contributed by atoms with Crippen molar-refractivity contribution in [1.29, 1.82) is 0 Å². The number of aromatic nitrogens is 1. The van der Waals surface area contributed by atoms with Gasteiger partial charge in [0.05, 0.1) is 10.2 Å². The summed E-state index contributed by atoms with van der Waals surface area (Å²) in [6, 6.07) is 5.94. The number of aryl methyl sites for hydroxylation is 1. The first kappa shape index (κ1) is 22.1. The van der Waals surface area contributed by atoms with Crippen LogP contribution in [0.3, 0.4) is 0 Å². The molecule has 0 unspecified atom stereocenters. The molecule has 1 fully saturated rings. The summed E-state index contributed by atoms with van der Waals surface area (Å²) in [5.41, 5.74) is 1.56. The summed E-state index contributed by atoms with van der Waals surface area (Å²) >= 11 is 7.45. The van der Waals surface area contributed by atoms with Crippen LogP contribution in [-0.2, 0) is 14.8 Å². The van der Waals surface area contributed by atoms with Crippen LogP contribution in [-0.4, -0.2) is 36.7 Å². The molecule has 0 spiro atoms. The lowest BCUT2D eigenvalue weighted by Crippen LogP contribution is -2.41. The van der Waals surface area contributed by atoms with Crippen LogP contribution >= 0.6 is 22.9 Å². The second-order valence-corrected chi connectivity index (χ2v) is 10.6. The third-order valence-corrected chi connectivity index (χ3v) is 8.57. The van der Waals surface area contributed by atoms with Crippen LogP contribution in [0.25, 0.3) is 10.2 Å². The average Bonchev–Trinajstić information content (AvgIpc) is 3.16. The summed E-state index contributed by atoms with van der Waals surface area (Å²) in [6.07, 6.45) is 0.523. The number of hydrogen-bond donors (Lipinski definition) is 1. The van der Waals surface area contributed by atoms with Gasteiger partial charge in [-0.2, -0.15) is 4.31 Å². The van der Waals surface area contributed by atoms with Crippen LogP contribution in [0.2, 0.25) is 5.02 Å². The van der Waals surface area contributed by atoms with Gasteiger partial charge in [-0.15, -0.1) is 0 Å². The number of thiazole rings is 1. The zero-order valence-corrected chi connectivity index (χ0v) is 18.8. The van der Waals surface area contributed by atoms with Crippen molar-refractivity contribution in [3.8, 4) is 0 Å². The van der Waals surface area contributed by atoms with Crippen molar-refractivity contribution in [2.45, 2.75) is 24.7 Å². The standard InChI is InChI=1S/C20H18ClF2N3O3S2/c1-11-14(21)3-5-16-18(11)24-20(30-16)25-19(27)12-6-8-26(9-7-12)31(28,29)17-10-13(22)2-4-15(17)23/h2-5,10,12H,6-9H2,1H3,(H,24,25,27). The zero-order valence-electron chi connectivity index (χ0n) is 16.4. The molecule has 31 heavy (non-hydrogen) atoms. The van der Waals surface area contributed by atoms with Crippen LogP contribution in [0.4, 0.5) is 13.9 Å². The number of rotatable bonds is 4. The Bertz CT molecular complexity index is 1270. The maximum atomic E-state index is 14.0. The van der Waals surface area contributed by atoms with Crippen LogP contribution in [0.15, 0.2) is 35.2 Å². The molecule has 2 aromatic carbocycles. The molecule has 0 saturated carbocycles. The average molecular weight is 486 g/mol. The fourth-order valence-corrected chi connectivity index (χ4v) is 6.16. The number of amides is 1. The Hall–Kier alpha value is -2.14. The highest BCUT2D eigenvalue weighted by Gasteiger charge is 2.34. The number of fused-ring (bicyclic) bond motifs is 1. The highest BCUT2D eigenvalue weighted by Crippen LogP contribution is 2.32. The normalized spacial score (nSPS) is 16.0. The van der Waals surface area contributed by atoms with Gasteiger partial charge < -0.3 is 5.32 Å². The van der Waals surface area contributed by atoms with Gasteiger partial charge >= 0.3 is 0 Å². The minimum absolute atomic E-state index is 0.0327. The number of carbonyl (C=O) groups excluding carboxylic acids is 1. The number of nitrogens with zero attached hydrogens (tertiary/aromatic N) is 2. The first-order chi connectivity index (χ1) is 14.7. The molecule has 4 rings (SSSR count). The van der Waals surface area contributed by atoms with Gasteiger partial charge in [-0.05, 0) is 55.7 Å². The van der Waals surface area contributed by atoms with Crippen molar-refractivity contribution in [3.63, 3.8) is 0 Å². The Kier molecular flexibility index (Phi) is 5.99. The number of anilines is 1. The van der Waals surface area contributed by atoms with Crippen LogP contribution < -0.4 is 5.32 Å². The van der Waals surface area contributed by atoms with E-state index < -0.39 is 32.5 Å². The maximum Gasteiger partial charge on any atom is 0.246 e. The van der Waals surface area contributed by atoms with Crippen LogP contribution in [0, 0.1) is 24.5 Å². The van der Waals surface area contributed by atoms with Gasteiger partial charge in [0.25, 0.3) is 0 Å². The van der Waals surface area contributed by atoms with Crippen molar-refractivity contribution in [2.24, 2.45) is 5.92 Å². The maximum absolute atomic E-state index is 14.0. The van der Waals surface area contributed by atoms with E-state index in [2.05, 4.69) is 10.3 Å². The summed E-state index contributed by atoms with van der Waals surface area (Å²) in [5, 5.41) is 3.84. The molecule has 1 aromatic heterocycles. The lowest BCUT2D eigenvalue weighted by atomic mass is 9.97. The number of halogens is 3. The molecule has 6 nitrogen and oxygen atoms in total. The second kappa shape index (κ2) is 8.42. The van der Waals surface area contributed by atoms with Crippen molar-refractivity contribution in [3.05, 3.63) is 52.6 Å². The van der Waals surface area contributed by atoms with E-state index in [-0.39, 0.29) is 31.8 Å². The number of carbonyl (C=O) groups is 1. The largest absolute Gasteiger partial charge is 0.302 e. The molecular formula is C20H18ClF2N3O3S2. The van der Waals surface area contributed by atoms with Gasteiger partial charge in [0.15, 0.2) is 5.13 Å². The minimum atomic E-state index is -4.19. The molecule has 1 N–H and O–H groups in total. The van der Waals surface area contributed by atoms with Gasteiger partial charge in [0, 0.05) is 24.0 Å². The number of hydrogen-bond acceptors (Lipinski definition) is 5. The molecule has 1 saturated heterocycles. The Labute approximate surface area is 186 Å². The molecule has 164 valence electrons. The van der Waals surface area contributed by atoms with Crippen molar-refractivity contribution in [1.82, 2.24) is 9.29 Å². The van der Waals surface area contributed by atoms with Crippen molar-refractivity contribution in [2.75, 3.05) is 18.4 Å². The molecule has 2 heterocycles. The number of sulfonamides is 1. The Morgan fingerprint density at radius 1 is 1.23 bits per heavy atom. The predicted molar refractivity (Wildman–Crippen MR) is 116 cm³/mol. The summed E-state index contributed by atoms with van der Waals surface area (Å²) in [5.74, 6) is -2.51. The molecule has 1 amide bonds. The third kappa shape index (κ3) is 4.30. The summed E-state index contributed by atoms with van der Waals surface area (Å²) in [6.45, 7) is 1.92. The minimum Gasteiger partial charge on any atom is -0.302 e. The van der Waals surface area contributed by atoms with E-state index in [4.69, 9.17) is 11.6 Å². The van der Waals surface area contributed by atoms with Gasteiger partial charge in [0.1, 0.15) is 16.5 Å². The zero-order chi connectivity index (χ0) is 22.3. The fourth-order valence-electron chi connectivity index (χ4n) is 3.53. The Morgan fingerprint density at radius 2 is 1.94 bits per heavy atom. The van der Waals surface area contributed by atoms with Crippen molar-refractivity contribution >= 4 is 54.2 Å². The van der Waals surface area contributed by atoms with E-state index >= 15 is 0 Å². The topological polar surface area (TPSA) is 79.4 Å². The van der Waals surface area contributed by atoms with E-state index in [1.807, 2.05) is 13.0 Å². The van der Waals surface area contributed by atoms with Crippen LogP contribution in [0.5, 0.6) is 0 Å². The van der Waals surface area contributed by atoms with Crippen molar-refractivity contribution < 1.29 is 22.0 Å². The number of benzene rings is 2. The van der Waals surface area contributed by atoms with Gasteiger partial charge in [-0.3, -0.25) is 4.79 Å². The Morgan fingerprint density at radius 3 is 2.65 bits per heavy atom. The highest BCUT2D eigenvalue weighted by atomic mass is 35.5. The number of piperidine rings is 1. The van der Waals surface area contributed by atoms with E-state index in [1.54, 1.807) is 6.07 Å². The van der Waals surface area contributed by atoms with E-state index in [0.717, 1.165) is 32.2 Å². The smallest absolute Gasteiger partial charge is 0.246 e. The number of nitrogens with one attached hydrogen (secondary N) is 1. The molecule has 11 heteroatoms. The summed E-state index contributed by atoms with van der Waals surface area (Å²) in [4.78, 5) is 16.4. The lowest BCUT2D eigenvalue weighted by Gasteiger charge is -2.30. The summed E-state index contributed by atoms with van der Waals surface area (Å²) < 4.78 is 54.7. The van der Waals surface area contributed by atoms with E-state index in [1.165, 1.54) is 11.3 Å². The highest BCUT2D eigenvalue weighted by molar-refractivity contribution is 7.89. The molecule has 0 aliphatic carbocycles. The molecule has 1 aliphatic heterocycles. The first-order valence-corrected chi connectivity index (χ1v) is 12.1. The molecule has 3 aromatic rings. The molecule has 1 aliphatic rings. The second-order valence-electron chi connectivity index (χ2n) is 7.28. The predicted octanol–water partition coefficient (Wildman–Crippen LogP) is 4.58. The molecular weight excluding hydrogens is 468 g/mol. The lowest BCUT2D eigenvalue weighted by molar-refractivity contribution is -0.120. The monoisotopic (exact) mass is 485 g/mol. The van der Waals surface area contributed by atoms with E-state index in [0.29, 0.717) is 16.2 Å². The molecule has 0 atom stereocenters. The molecule has 0 bridgehead atoms. The fraction of sp³-hybridized carbons (Fsp3) is 0.300. The Balaban J connectivity index is 1.43. The van der Waals surface area contributed by atoms with E-state index in [9.17, 15) is 22.0 Å².